The lowest BCUT2D eigenvalue weighted by Gasteiger charge is -2.37. The quantitative estimate of drug-likeness (QED) is 0.323. The van der Waals surface area contributed by atoms with Crippen LogP contribution < -0.4 is 25.0 Å². The molecule has 1 aliphatic heterocycles. The molecule has 0 saturated carbocycles. The maximum Gasteiger partial charge on any atom is 0.214 e. The number of aldehydes is 1. The van der Waals surface area contributed by atoms with Gasteiger partial charge in [-0.15, -0.1) is 0 Å². The standard InChI is InChI=1S/C26H31N5O3.C3H4O/c1-29-16-4-5-20(17-29)31(18-32)24-14-15-28-26(27)25(24)30(2)19-6-8-22(9-7-19)34-23-12-10-21(33-3)11-13-23;1-2-3-4/h6-15,18,20H,4-5,16-17H2,1-3H3,(H2,27,28);2-3H,1H2. The SMILES string of the molecule is C=CC=O.COc1ccc(Oc2ccc(N(C)c3c(N(C=O)C4CCCN(C)C4)ccnc3N)cc2)cc1. The molecule has 9 heteroatoms. The Morgan fingerprint density at radius 3 is 2.21 bits per heavy atom. The van der Waals surface area contributed by atoms with Gasteiger partial charge in [-0.2, -0.15) is 0 Å². The first-order valence-electron chi connectivity index (χ1n) is 12.3. The fourth-order valence-corrected chi connectivity index (χ4v) is 4.36. The van der Waals surface area contributed by atoms with Gasteiger partial charge in [0.05, 0.1) is 12.8 Å². The lowest BCUT2D eigenvalue weighted by molar-refractivity contribution is -0.108. The highest BCUT2D eigenvalue weighted by atomic mass is 16.5. The van der Waals surface area contributed by atoms with E-state index < -0.39 is 0 Å². The van der Waals surface area contributed by atoms with E-state index in [0.717, 1.165) is 55.2 Å². The van der Waals surface area contributed by atoms with Crippen LogP contribution in [-0.2, 0) is 9.59 Å². The van der Waals surface area contributed by atoms with Gasteiger partial charge in [0.25, 0.3) is 0 Å². The predicted molar refractivity (Wildman–Crippen MR) is 152 cm³/mol. The molecule has 0 aliphatic carbocycles. The first kappa shape index (κ1) is 28.2. The monoisotopic (exact) mass is 517 g/mol. The Labute approximate surface area is 224 Å². The van der Waals surface area contributed by atoms with Gasteiger partial charge in [-0.05, 0) is 87.1 Å². The fraction of sp³-hybridized carbons (Fsp3) is 0.276. The Bertz CT molecular complexity index is 1190. The number of pyridine rings is 1. The molecule has 2 heterocycles. The maximum atomic E-state index is 12.2. The second-order valence-electron chi connectivity index (χ2n) is 8.84. The van der Waals surface area contributed by atoms with Crippen molar-refractivity contribution in [3.05, 3.63) is 73.4 Å². The predicted octanol–water partition coefficient (Wildman–Crippen LogP) is 4.66. The molecule has 1 atom stereocenters. The minimum Gasteiger partial charge on any atom is -0.497 e. The van der Waals surface area contributed by atoms with Crippen LogP contribution in [0.2, 0.25) is 0 Å². The van der Waals surface area contributed by atoms with E-state index in [-0.39, 0.29) is 6.04 Å². The minimum absolute atomic E-state index is 0.0884. The number of allylic oxidation sites excluding steroid dienone is 1. The van der Waals surface area contributed by atoms with Gasteiger partial charge in [-0.1, -0.05) is 6.58 Å². The maximum absolute atomic E-state index is 12.2. The second-order valence-corrected chi connectivity index (χ2v) is 8.84. The lowest BCUT2D eigenvalue weighted by atomic mass is 10.0. The first-order chi connectivity index (χ1) is 18.4. The molecule has 9 nitrogen and oxygen atoms in total. The van der Waals surface area contributed by atoms with Crippen LogP contribution in [-0.4, -0.2) is 62.9 Å². The average molecular weight is 518 g/mol. The number of nitrogen functional groups attached to an aromatic ring is 1. The minimum atomic E-state index is 0.0884. The number of hydrogen-bond donors (Lipinski definition) is 1. The second kappa shape index (κ2) is 13.8. The molecule has 2 N–H and O–H groups in total. The lowest BCUT2D eigenvalue weighted by Crippen LogP contribution is -2.46. The smallest absolute Gasteiger partial charge is 0.214 e. The number of rotatable bonds is 9. The molecule has 1 aliphatic rings. The third-order valence-electron chi connectivity index (χ3n) is 6.27. The van der Waals surface area contributed by atoms with Crippen molar-refractivity contribution in [1.82, 2.24) is 9.88 Å². The summed E-state index contributed by atoms with van der Waals surface area (Å²) in [4.78, 5) is 31.5. The highest BCUT2D eigenvalue weighted by Gasteiger charge is 2.27. The summed E-state index contributed by atoms with van der Waals surface area (Å²) in [6.07, 6.45) is 6.39. The van der Waals surface area contributed by atoms with Gasteiger partial charge >= 0.3 is 0 Å². The van der Waals surface area contributed by atoms with Crippen LogP contribution in [0.1, 0.15) is 12.8 Å². The zero-order chi connectivity index (χ0) is 27.5. The molecular formula is C29H35N5O4. The summed E-state index contributed by atoms with van der Waals surface area (Å²) in [7, 11) is 5.64. The number of likely N-dealkylation sites (N-methyl/N-ethyl adjacent to an activating group) is 1. The third kappa shape index (κ3) is 7.10. The van der Waals surface area contributed by atoms with Crippen LogP contribution in [0.5, 0.6) is 17.2 Å². The number of methoxy groups -OCH3 is 1. The summed E-state index contributed by atoms with van der Waals surface area (Å²) in [6.45, 7) is 4.97. The van der Waals surface area contributed by atoms with Gasteiger partial charge in [0.15, 0.2) is 0 Å². The fourth-order valence-electron chi connectivity index (χ4n) is 4.36. The van der Waals surface area contributed by atoms with E-state index in [0.29, 0.717) is 23.5 Å². The summed E-state index contributed by atoms with van der Waals surface area (Å²) in [5.41, 5.74) is 8.68. The Morgan fingerprint density at radius 2 is 1.66 bits per heavy atom. The molecule has 0 spiro atoms. The summed E-state index contributed by atoms with van der Waals surface area (Å²) >= 11 is 0. The first-order valence-corrected chi connectivity index (χ1v) is 12.3. The van der Waals surface area contributed by atoms with Crippen LogP contribution in [0.15, 0.2) is 73.4 Å². The number of ether oxygens (including phenoxy) is 2. The molecule has 1 aromatic heterocycles. The summed E-state index contributed by atoms with van der Waals surface area (Å²) in [5.74, 6) is 2.58. The summed E-state index contributed by atoms with van der Waals surface area (Å²) in [5, 5.41) is 0. The van der Waals surface area contributed by atoms with E-state index in [1.165, 1.54) is 6.08 Å². The van der Waals surface area contributed by atoms with Gasteiger partial charge in [0.2, 0.25) is 6.41 Å². The van der Waals surface area contributed by atoms with Gasteiger partial charge in [-0.25, -0.2) is 4.98 Å². The summed E-state index contributed by atoms with van der Waals surface area (Å²) in [6, 6.07) is 17.1. The number of nitrogens with two attached hydrogens (primary N) is 1. The van der Waals surface area contributed by atoms with Gasteiger partial charge in [0.1, 0.15) is 35.0 Å². The highest BCUT2D eigenvalue weighted by molar-refractivity contribution is 5.91. The molecule has 0 bridgehead atoms. The van der Waals surface area contributed by atoms with Crippen molar-refractivity contribution in [3.8, 4) is 17.2 Å². The van der Waals surface area contributed by atoms with Crippen LogP contribution in [0, 0.1) is 0 Å². The Balaban J connectivity index is 0.000000934. The molecule has 1 fully saturated rings. The number of benzene rings is 2. The number of carbonyl (C=O) groups is 2. The molecule has 2 aromatic carbocycles. The Kier molecular flexibility index (Phi) is 10.2. The van der Waals surface area contributed by atoms with Crippen molar-refractivity contribution in [2.45, 2.75) is 18.9 Å². The number of nitrogens with zero attached hydrogens (tertiary/aromatic N) is 4. The molecule has 1 unspecified atom stereocenters. The number of likely N-dealkylation sites (tertiary alicyclic amines) is 1. The van der Waals surface area contributed by atoms with E-state index in [1.807, 2.05) is 66.5 Å². The molecule has 1 amide bonds. The number of piperidine rings is 1. The number of amides is 1. The van der Waals surface area contributed by atoms with Crippen molar-refractivity contribution < 1.29 is 19.1 Å². The van der Waals surface area contributed by atoms with Crippen molar-refractivity contribution in [1.29, 1.82) is 0 Å². The largest absolute Gasteiger partial charge is 0.497 e. The molecule has 200 valence electrons. The normalized spacial score (nSPS) is 14.9. The average Bonchev–Trinajstić information content (AvgIpc) is 2.94. The summed E-state index contributed by atoms with van der Waals surface area (Å²) < 4.78 is 11.1. The van der Waals surface area contributed by atoms with Gasteiger partial charge in [0, 0.05) is 31.5 Å². The van der Waals surface area contributed by atoms with Crippen molar-refractivity contribution in [2.24, 2.45) is 0 Å². The number of hydrogen-bond acceptors (Lipinski definition) is 8. The molecule has 0 radical (unpaired) electrons. The third-order valence-corrected chi connectivity index (χ3v) is 6.27. The molecule has 4 rings (SSSR count). The van der Waals surface area contributed by atoms with Gasteiger partial charge < -0.3 is 29.9 Å². The van der Waals surface area contributed by atoms with E-state index in [1.54, 1.807) is 18.2 Å². The molecule has 3 aromatic rings. The zero-order valence-electron chi connectivity index (χ0n) is 22.1. The Hall–Kier alpha value is -4.37. The van der Waals surface area contributed by atoms with Crippen molar-refractivity contribution in [3.63, 3.8) is 0 Å². The Morgan fingerprint density at radius 1 is 1.05 bits per heavy atom. The number of anilines is 4. The van der Waals surface area contributed by atoms with Crippen LogP contribution in [0.4, 0.5) is 22.9 Å². The zero-order valence-corrected chi connectivity index (χ0v) is 22.1. The molecule has 38 heavy (non-hydrogen) atoms. The van der Waals surface area contributed by atoms with E-state index >= 15 is 0 Å². The van der Waals surface area contributed by atoms with E-state index in [9.17, 15) is 4.79 Å². The van der Waals surface area contributed by atoms with Gasteiger partial charge in [-0.3, -0.25) is 9.59 Å². The number of aromatic nitrogens is 1. The van der Waals surface area contributed by atoms with Crippen LogP contribution in [0.25, 0.3) is 0 Å². The molecule has 1 saturated heterocycles. The topological polar surface area (TPSA) is 101 Å². The van der Waals surface area contributed by atoms with Crippen LogP contribution >= 0.6 is 0 Å². The molecular weight excluding hydrogens is 482 g/mol. The van der Waals surface area contributed by atoms with Crippen LogP contribution in [0.3, 0.4) is 0 Å². The number of carbonyl (C=O) groups excluding carboxylic acids is 2. The van der Waals surface area contributed by atoms with Crippen molar-refractivity contribution >= 4 is 35.6 Å². The highest BCUT2D eigenvalue weighted by Crippen LogP contribution is 2.39. The van der Waals surface area contributed by atoms with E-state index in [4.69, 9.17) is 20.0 Å². The van der Waals surface area contributed by atoms with E-state index in [2.05, 4.69) is 23.5 Å². The van der Waals surface area contributed by atoms with Crippen molar-refractivity contribution in [2.75, 3.05) is 49.8 Å².